The third kappa shape index (κ3) is 2.87. The maximum absolute atomic E-state index is 6.10. The highest BCUT2D eigenvalue weighted by molar-refractivity contribution is 9.10. The van der Waals surface area contributed by atoms with Crippen LogP contribution in [-0.2, 0) is 6.42 Å². The minimum atomic E-state index is 0.0581. The fraction of sp³-hybridized carbons (Fsp3) is 0.300. The molecule has 0 spiro atoms. The van der Waals surface area contributed by atoms with Crippen LogP contribution in [0.3, 0.4) is 0 Å². The van der Waals surface area contributed by atoms with Crippen molar-refractivity contribution < 1.29 is 0 Å². The average molecular weight is 303 g/mol. The zero-order valence-corrected chi connectivity index (χ0v) is 11.5. The Morgan fingerprint density at radius 2 is 2.27 bits per heavy atom. The lowest BCUT2D eigenvalue weighted by Gasteiger charge is -2.06. The Balaban J connectivity index is 2.06. The first-order chi connectivity index (χ1) is 7.15. The Kier molecular flexibility index (Phi) is 3.56. The summed E-state index contributed by atoms with van der Waals surface area (Å²) in [6, 6.07) is 2.14. The molecule has 1 unspecified atom stereocenters. The first-order valence-corrected chi connectivity index (χ1v) is 7.11. The number of halogens is 1. The quantitative estimate of drug-likeness (QED) is 0.942. The summed E-state index contributed by atoms with van der Waals surface area (Å²) >= 11 is 6.79. The van der Waals surface area contributed by atoms with Crippen molar-refractivity contribution in [2.24, 2.45) is 5.73 Å². The molecule has 2 N–H and O–H groups in total. The Morgan fingerprint density at radius 3 is 2.80 bits per heavy atom. The Labute approximate surface area is 105 Å². The maximum Gasteiger partial charge on any atom is 0.0897 e. The summed E-state index contributed by atoms with van der Waals surface area (Å²) in [5.41, 5.74) is 7.20. The van der Waals surface area contributed by atoms with Crippen molar-refractivity contribution in [3.8, 4) is 0 Å². The first-order valence-electron chi connectivity index (χ1n) is 4.55. The fourth-order valence-electron chi connectivity index (χ4n) is 1.35. The summed E-state index contributed by atoms with van der Waals surface area (Å²) in [7, 11) is 0. The zero-order valence-electron chi connectivity index (χ0n) is 8.24. The van der Waals surface area contributed by atoms with Crippen LogP contribution in [-0.4, -0.2) is 4.98 Å². The highest BCUT2D eigenvalue weighted by Gasteiger charge is 2.11. The van der Waals surface area contributed by atoms with E-state index in [1.54, 1.807) is 22.7 Å². The van der Waals surface area contributed by atoms with Crippen molar-refractivity contribution in [3.05, 3.63) is 36.9 Å². The predicted octanol–water partition coefficient (Wildman–Crippen LogP) is 3.52. The topological polar surface area (TPSA) is 38.9 Å². The SMILES string of the molecule is Cc1nc(CC(N)c2cc(Br)cs2)cs1. The fourth-order valence-corrected chi connectivity index (χ4v) is 3.42. The van der Waals surface area contributed by atoms with Crippen molar-refractivity contribution >= 4 is 38.6 Å². The van der Waals surface area contributed by atoms with Gasteiger partial charge in [0.15, 0.2) is 0 Å². The number of hydrogen-bond donors (Lipinski definition) is 1. The monoisotopic (exact) mass is 302 g/mol. The Bertz CT molecular complexity index is 450. The van der Waals surface area contributed by atoms with E-state index in [2.05, 4.69) is 37.7 Å². The molecule has 5 heteroatoms. The molecular weight excluding hydrogens is 292 g/mol. The summed E-state index contributed by atoms with van der Waals surface area (Å²) in [6.45, 7) is 2.02. The second kappa shape index (κ2) is 4.74. The van der Waals surface area contributed by atoms with Gasteiger partial charge in [-0.3, -0.25) is 0 Å². The molecule has 2 nitrogen and oxygen atoms in total. The van der Waals surface area contributed by atoms with Gasteiger partial charge in [-0.25, -0.2) is 4.98 Å². The van der Waals surface area contributed by atoms with Crippen LogP contribution >= 0.6 is 38.6 Å². The van der Waals surface area contributed by atoms with E-state index in [1.165, 1.54) is 4.88 Å². The first kappa shape index (κ1) is 11.3. The predicted molar refractivity (Wildman–Crippen MR) is 69.5 cm³/mol. The summed E-state index contributed by atoms with van der Waals surface area (Å²) in [6.07, 6.45) is 0.817. The molecule has 1 atom stereocenters. The molecule has 0 aliphatic rings. The molecule has 0 aliphatic carbocycles. The van der Waals surface area contributed by atoms with Crippen molar-refractivity contribution in [3.63, 3.8) is 0 Å². The van der Waals surface area contributed by atoms with Crippen LogP contribution in [0.5, 0.6) is 0 Å². The molecule has 0 aliphatic heterocycles. The van der Waals surface area contributed by atoms with E-state index < -0.39 is 0 Å². The van der Waals surface area contributed by atoms with Gasteiger partial charge in [-0.2, -0.15) is 0 Å². The molecule has 0 amide bonds. The van der Waals surface area contributed by atoms with Crippen LogP contribution in [0.1, 0.15) is 21.6 Å². The number of aromatic nitrogens is 1. The molecule has 80 valence electrons. The normalized spacial score (nSPS) is 13.0. The minimum absolute atomic E-state index is 0.0581. The van der Waals surface area contributed by atoms with Gasteiger partial charge in [0, 0.05) is 32.6 Å². The van der Waals surface area contributed by atoms with Crippen molar-refractivity contribution in [1.82, 2.24) is 4.98 Å². The molecule has 0 fully saturated rings. The van der Waals surface area contributed by atoms with Crippen LogP contribution in [0.4, 0.5) is 0 Å². The summed E-state index contributed by atoms with van der Waals surface area (Å²) < 4.78 is 1.10. The van der Waals surface area contributed by atoms with Crippen molar-refractivity contribution in [2.75, 3.05) is 0 Å². The highest BCUT2D eigenvalue weighted by Crippen LogP contribution is 2.26. The average Bonchev–Trinajstić information content (AvgIpc) is 2.75. The van der Waals surface area contributed by atoms with Gasteiger partial charge in [0.25, 0.3) is 0 Å². The third-order valence-electron chi connectivity index (χ3n) is 2.05. The second-order valence-electron chi connectivity index (χ2n) is 3.34. The molecule has 2 heterocycles. The molecule has 2 rings (SSSR count). The summed E-state index contributed by atoms with van der Waals surface area (Å²) in [5.74, 6) is 0. The maximum atomic E-state index is 6.10. The van der Waals surface area contributed by atoms with E-state index in [0.717, 1.165) is 21.6 Å². The largest absolute Gasteiger partial charge is 0.323 e. The third-order valence-corrected chi connectivity index (χ3v) is 4.70. The standard InChI is InChI=1S/C10H11BrN2S2/c1-6-13-8(5-14-6)3-9(12)10-2-7(11)4-15-10/h2,4-5,9H,3,12H2,1H3. The van der Waals surface area contributed by atoms with Crippen LogP contribution in [0.25, 0.3) is 0 Å². The number of rotatable bonds is 3. The van der Waals surface area contributed by atoms with Crippen LogP contribution < -0.4 is 5.73 Å². The second-order valence-corrected chi connectivity index (χ2v) is 6.26. The van der Waals surface area contributed by atoms with E-state index in [4.69, 9.17) is 5.73 Å². The van der Waals surface area contributed by atoms with E-state index in [1.807, 2.05) is 6.92 Å². The van der Waals surface area contributed by atoms with Crippen molar-refractivity contribution in [1.29, 1.82) is 0 Å². The Hall–Kier alpha value is -0.230. The smallest absolute Gasteiger partial charge is 0.0897 e. The van der Waals surface area contributed by atoms with Gasteiger partial charge in [-0.1, -0.05) is 0 Å². The molecule has 15 heavy (non-hydrogen) atoms. The van der Waals surface area contributed by atoms with Gasteiger partial charge in [-0.05, 0) is 28.9 Å². The zero-order chi connectivity index (χ0) is 10.8. The van der Waals surface area contributed by atoms with Gasteiger partial charge in [0.1, 0.15) is 0 Å². The number of nitrogens with zero attached hydrogens (tertiary/aromatic N) is 1. The van der Waals surface area contributed by atoms with E-state index in [9.17, 15) is 0 Å². The molecule has 2 aromatic heterocycles. The van der Waals surface area contributed by atoms with Crippen molar-refractivity contribution in [2.45, 2.75) is 19.4 Å². The Morgan fingerprint density at radius 1 is 1.47 bits per heavy atom. The lowest BCUT2D eigenvalue weighted by molar-refractivity contribution is 0.722. The van der Waals surface area contributed by atoms with Gasteiger partial charge < -0.3 is 5.73 Å². The molecule has 0 aromatic carbocycles. The number of nitrogens with two attached hydrogens (primary N) is 1. The van der Waals surface area contributed by atoms with Crippen LogP contribution in [0.15, 0.2) is 21.3 Å². The summed E-state index contributed by atoms with van der Waals surface area (Å²) in [4.78, 5) is 5.62. The number of hydrogen-bond acceptors (Lipinski definition) is 4. The molecule has 0 saturated heterocycles. The number of aryl methyl sites for hydroxylation is 1. The van der Waals surface area contributed by atoms with Gasteiger partial charge >= 0.3 is 0 Å². The van der Waals surface area contributed by atoms with Crippen LogP contribution in [0.2, 0.25) is 0 Å². The van der Waals surface area contributed by atoms with E-state index in [-0.39, 0.29) is 6.04 Å². The number of thiophene rings is 1. The van der Waals surface area contributed by atoms with Crippen LogP contribution in [0, 0.1) is 6.92 Å². The minimum Gasteiger partial charge on any atom is -0.323 e. The lowest BCUT2D eigenvalue weighted by Crippen LogP contribution is -2.11. The highest BCUT2D eigenvalue weighted by atomic mass is 79.9. The van der Waals surface area contributed by atoms with Gasteiger partial charge in [-0.15, -0.1) is 22.7 Å². The lowest BCUT2D eigenvalue weighted by atomic mass is 10.1. The van der Waals surface area contributed by atoms with E-state index >= 15 is 0 Å². The molecular formula is C10H11BrN2S2. The summed E-state index contributed by atoms with van der Waals surface area (Å²) in [5, 5.41) is 5.24. The molecule has 0 bridgehead atoms. The molecule has 0 saturated carbocycles. The van der Waals surface area contributed by atoms with E-state index in [0.29, 0.717) is 0 Å². The molecule has 0 radical (unpaired) electrons. The van der Waals surface area contributed by atoms with Gasteiger partial charge in [0.05, 0.1) is 10.7 Å². The van der Waals surface area contributed by atoms with Gasteiger partial charge in [0.2, 0.25) is 0 Å². The molecule has 2 aromatic rings. The number of thiazole rings is 1.